The second kappa shape index (κ2) is 10.1. The molecular weight excluding hydrogens is 344 g/mol. The number of rotatable bonds is 7. The lowest BCUT2D eigenvalue weighted by Crippen LogP contribution is -2.40. The third-order valence-electron chi connectivity index (χ3n) is 5.27. The van der Waals surface area contributed by atoms with Gasteiger partial charge in [0.25, 0.3) is 5.91 Å². The van der Waals surface area contributed by atoms with E-state index in [4.69, 9.17) is 14.2 Å². The first kappa shape index (κ1) is 20.1. The number of likely N-dealkylation sites (N-methyl/N-ethyl adjacent to an activating group) is 1. The minimum atomic E-state index is 0.0837. The highest BCUT2D eigenvalue weighted by Crippen LogP contribution is 2.17. The summed E-state index contributed by atoms with van der Waals surface area (Å²) in [6, 6.07) is 7.98. The summed E-state index contributed by atoms with van der Waals surface area (Å²) in [4.78, 5) is 16.4. The van der Waals surface area contributed by atoms with Gasteiger partial charge in [-0.3, -0.25) is 9.69 Å². The number of hydrogen-bond donors (Lipinski definition) is 0. The average Bonchev–Trinajstić information content (AvgIpc) is 2.68. The molecule has 1 amide bonds. The maximum Gasteiger partial charge on any atom is 0.260 e. The molecule has 2 aliphatic rings. The van der Waals surface area contributed by atoms with Crippen LogP contribution in [0.15, 0.2) is 24.3 Å². The van der Waals surface area contributed by atoms with Crippen LogP contribution in [0.25, 0.3) is 0 Å². The average molecular weight is 376 g/mol. The summed E-state index contributed by atoms with van der Waals surface area (Å²) in [6.07, 6.45) is 2.33. The highest BCUT2D eigenvalue weighted by atomic mass is 16.6. The molecule has 3 rings (SSSR count). The topological polar surface area (TPSA) is 51.2 Å². The predicted molar refractivity (Wildman–Crippen MR) is 104 cm³/mol. The Bertz CT molecular complexity index is 578. The van der Waals surface area contributed by atoms with Crippen LogP contribution in [-0.4, -0.2) is 74.9 Å². The largest absolute Gasteiger partial charge is 0.484 e. The van der Waals surface area contributed by atoms with Gasteiger partial charge in [0, 0.05) is 26.2 Å². The van der Waals surface area contributed by atoms with Crippen LogP contribution in [0.1, 0.15) is 25.3 Å². The monoisotopic (exact) mass is 376 g/mol. The van der Waals surface area contributed by atoms with E-state index in [-0.39, 0.29) is 18.6 Å². The number of hydrogen-bond acceptors (Lipinski definition) is 5. The lowest BCUT2D eigenvalue weighted by molar-refractivity contribution is -0.134. The molecule has 0 radical (unpaired) electrons. The summed E-state index contributed by atoms with van der Waals surface area (Å²) < 4.78 is 16.8. The molecule has 6 nitrogen and oxygen atoms in total. The molecule has 2 saturated heterocycles. The Labute approximate surface area is 162 Å². The molecule has 2 heterocycles. The number of nitrogens with zero attached hydrogens (tertiary/aromatic N) is 2. The van der Waals surface area contributed by atoms with E-state index in [1.165, 1.54) is 5.56 Å². The normalized spacial score (nSPS) is 21.4. The first-order valence-corrected chi connectivity index (χ1v) is 9.97. The van der Waals surface area contributed by atoms with Crippen molar-refractivity contribution in [2.75, 3.05) is 53.1 Å². The standard InChI is InChI=1S/C21H32N2O4/c1-17-7-9-23(10-8-17)21(24)16-27-19-5-3-18(4-6-19)13-22(2)14-20-15-25-11-12-26-20/h3-6,17,20H,7-16H2,1-2H3/t20-/m0/s1. The van der Waals surface area contributed by atoms with Gasteiger partial charge >= 0.3 is 0 Å². The second-order valence-electron chi connectivity index (χ2n) is 7.76. The van der Waals surface area contributed by atoms with Crippen LogP contribution in [0.2, 0.25) is 0 Å². The lowest BCUT2D eigenvalue weighted by atomic mass is 9.99. The fourth-order valence-electron chi connectivity index (χ4n) is 3.55. The van der Waals surface area contributed by atoms with E-state index in [1.807, 2.05) is 17.0 Å². The van der Waals surface area contributed by atoms with Gasteiger partial charge in [-0.1, -0.05) is 19.1 Å². The molecular formula is C21H32N2O4. The van der Waals surface area contributed by atoms with Crippen molar-refractivity contribution in [1.82, 2.24) is 9.80 Å². The van der Waals surface area contributed by atoms with Gasteiger partial charge in [-0.2, -0.15) is 0 Å². The van der Waals surface area contributed by atoms with Crippen molar-refractivity contribution in [3.05, 3.63) is 29.8 Å². The van der Waals surface area contributed by atoms with Crippen molar-refractivity contribution in [2.24, 2.45) is 5.92 Å². The molecule has 0 aliphatic carbocycles. The molecule has 6 heteroatoms. The fraction of sp³-hybridized carbons (Fsp3) is 0.667. The molecule has 150 valence electrons. The van der Waals surface area contributed by atoms with Gasteiger partial charge in [0.15, 0.2) is 6.61 Å². The van der Waals surface area contributed by atoms with E-state index in [2.05, 4.69) is 31.0 Å². The van der Waals surface area contributed by atoms with E-state index in [0.717, 1.165) is 50.7 Å². The van der Waals surface area contributed by atoms with Gasteiger partial charge in [-0.05, 0) is 43.5 Å². The zero-order valence-corrected chi connectivity index (χ0v) is 16.6. The zero-order valence-electron chi connectivity index (χ0n) is 16.6. The molecule has 0 spiro atoms. The summed E-state index contributed by atoms with van der Waals surface area (Å²) in [5.41, 5.74) is 1.21. The quantitative estimate of drug-likeness (QED) is 0.730. The number of ether oxygens (including phenoxy) is 3. The van der Waals surface area contributed by atoms with Crippen molar-refractivity contribution in [2.45, 2.75) is 32.4 Å². The SMILES string of the molecule is CC1CCN(C(=O)COc2ccc(CN(C)C[C@H]3COCCO3)cc2)CC1. The van der Waals surface area contributed by atoms with Crippen LogP contribution in [0, 0.1) is 5.92 Å². The number of benzene rings is 1. The van der Waals surface area contributed by atoms with Crippen molar-refractivity contribution >= 4 is 5.91 Å². The third-order valence-corrected chi connectivity index (χ3v) is 5.27. The summed E-state index contributed by atoms with van der Waals surface area (Å²) in [6.45, 7) is 7.79. The van der Waals surface area contributed by atoms with Crippen molar-refractivity contribution in [1.29, 1.82) is 0 Å². The van der Waals surface area contributed by atoms with Crippen molar-refractivity contribution in [3.8, 4) is 5.75 Å². The van der Waals surface area contributed by atoms with Crippen LogP contribution >= 0.6 is 0 Å². The number of likely N-dealkylation sites (tertiary alicyclic amines) is 1. The van der Waals surface area contributed by atoms with Gasteiger partial charge < -0.3 is 19.1 Å². The van der Waals surface area contributed by atoms with E-state index >= 15 is 0 Å². The molecule has 0 aromatic heterocycles. The number of carbonyl (C=O) groups is 1. The zero-order chi connectivity index (χ0) is 19.1. The molecule has 0 bridgehead atoms. The van der Waals surface area contributed by atoms with E-state index < -0.39 is 0 Å². The third kappa shape index (κ3) is 6.48. The highest BCUT2D eigenvalue weighted by molar-refractivity contribution is 5.77. The Kier molecular flexibility index (Phi) is 7.50. The molecule has 2 aliphatic heterocycles. The van der Waals surface area contributed by atoms with Gasteiger partial charge in [0.1, 0.15) is 5.75 Å². The minimum absolute atomic E-state index is 0.0837. The first-order valence-electron chi connectivity index (χ1n) is 9.97. The summed E-state index contributed by atoms with van der Waals surface area (Å²) in [7, 11) is 2.08. The molecule has 1 aromatic rings. The van der Waals surface area contributed by atoms with Crippen LogP contribution in [-0.2, 0) is 20.8 Å². The molecule has 1 aromatic carbocycles. The van der Waals surface area contributed by atoms with Crippen LogP contribution in [0.5, 0.6) is 5.75 Å². The highest BCUT2D eigenvalue weighted by Gasteiger charge is 2.20. The second-order valence-corrected chi connectivity index (χ2v) is 7.76. The Hall–Kier alpha value is -1.63. The smallest absolute Gasteiger partial charge is 0.260 e. The van der Waals surface area contributed by atoms with Crippen LogP contribution in [0.4, 0.5) is 0 Å². The van der Waals surface area contributed by atoms with Crippen LogP contribution < -0.4 is 4.74 Å². The van der Waals surface area contributed by atoms with E-state index in [9.17, 15) is 4.79 Å². The Morgan fingerprint density at radius 3 is 2.63 bits per heavy atom. The Balaban J connectivity index is 1.39. The van der Waals surface area contributed by atoms with Crippen molar-refractivity contribution in [3.63, 3.8) is 0 Å². The fourth-order valence-corrected chi connectivity index (χ4v) is 3.55. The van der Waals surface area contributed by atoms with E-state index in [0.29, 0.717) is 19.8 Å². The Morgan fingerprint density at radius 1 is 1.22 bits per heavy atom. The number of piperidine rings is 1. The maximum absolute atomic E-state index is 12.3. The number of carbonyl (C=O) groups excluding carboxylic acids is 1. The van der Waals surface area contributed by atoms with E-state index in [1.54, 1.807) is 0 Å². The first-order chi connectivity index (χ1) is 13.1. The maximum atomic E-state index is 12.3. The summed E-state index contributed by atoms with van der Waals surface area (Å²) in [5, 5.41) is 0. The minimum Gasteiger partial charge on any atom is -0.484 e. The summed E-state index contributed by atoms with van der Waals surface area (Å²) >= 11 is 0. The van der Waals surface area contributed by atoms with Gasteiger partial charge in [0.05, 0.1) is 25.9 Å². The molecule has 27 heavy (non-hydrogen) atoms. The predicted octanol–water partition coefficient (Wildman–Crippen LogP) is 2.17. The number of amides is 1. The van der Waals surface area contributed by atoms with Gasteiger partial charge in [-0.15, -0.1) is 0 Å². The lowest BCUT2D eigenvalue weighted by Gasteiger charge is -2.30. The Morgan fingerprint density at radius 2 is 1.96 bits per heavy atom. The molecule has 0 N–H and O–H groups in total. The molecule has 1 atom stereocenters. The van der Waals surface area contributed by atoms with Gasteiger partial charge in [-0.25, -0.2) is 0 Å². The van der Waals surface area contributed by atoms with Crippen LogP contribution in [0.3, 0.4) is 0 Å². The summed E-state index contributed by atoms with van der Waals surface area (Å²) in [5.74, 6) is 1.54. The van der Waals surface area contributed by atoms with Gasteiger partial charge in [0.2, 0.25) is 0 Å². The molecule has 0 unspecified atom stereocenters. The van der Waals surface area contributed by atoms with Crippen molar-refractivity contribution < 1.29 is 19.0 Å². The molecule has 2 fully saturated rings. The molecule has 0 saturated carbocycles.